The Balaban J connectivity index is 1.90. The third-order valence-electron chi connectivity index (χ3n) is 3.56. The first-order valence-corrected chi connectivity index (χ1v) is 9.60. The molecule has 0 radical (unpaired) electrons. The first-order chi connectivity index (χ1) is 13.2. The molecule has 2 aromatic rings. The lowest BCUT2D eigenvalue weighted by atomic mass is 10.2. The minimum atomic E-state index is -4.10. The van der Waals surface area contributed by atoms with Crippen LogP contribution in [0.2, 0.25) is 0 Å². The van der Waals surface area contributed by atoms with Gasteiger partial charge in [-0.3, -0.25) is 9.59 Å². The number of halogens is 1. The summed E-state index contributed by atoms with van der Waals surface area (Å²) in [5, 5.41) is 2.55. The summed E-state index contributed by atoms with van der Waals surface area (Å²) in [7, 11) is -2.66. The van der Waals surface area contributed by atoms with Crippen LogP contribution in [0.15, 0.2) is 53.4 Å². The molecule has 1 atom stereocenters. The number of methoxy groups -OCH3 is 1. The summed E-state index contributed by atoms with van der Waals surface area (Å²) in [5.41, 5.74) is 0.393. The predicted molar refractivity (Wildman–Crippen MR) is 98.8 cm³/mol. The van der Waals surface area contributed by atoms with E-state index in [1.165, 1.54) is 26.2 Å². The zero-order chi connectivity index (χ0) is 20.7. The molecular formula is C18H19FN2O6S. The predicted octanol–water partition coefficient (Wildman–Crippen LogP) is 1.68. The van der Waals surface area contributed by atoms with Gasteiger partial charge in [-0.15, -0.1) is 0 Å². The van der Waals surface area contributed by atoms with Crippen LogP contribution in [0, 0.1) is 5.82 Å². The molecule has 0 aliphatic rings. The minimum absolute atomic E-state index is 0.331. The highest BCUT2D eigenvalue weighted by molar-refractivity contribution is 7.89. The second kappa shape index (κ2) is 9.29. The number of carbonyl (C=O) groups is 2. The van der Waals surface area contributed by atoms with Crippen molar-refractivity contribution >= 4 is 27.6 Å². The van der Waals surface area contributed by atoms with Gasteiger partial charge in [0.25, 0.3) is 5.91 Å². The van der Waals surface area contributed by atoms with Crippen molar-refractivity contribution in [1.82, 2.24) is 4.72 Å². The number of rotatable bonds is 8. The average molecular weight is 410 g/mol. The van der Waals surface area contributed by atoms with Crippen molar-refractivity contribution in [2.45, 2.75) is 17.9 Å². The third kappa shape index (κ3) is 5.76. The summed E-state index contributed by atoms with van der Waals surface area (Å²) in [6.07, 6.45) is -1.18. The van der Waals surface area contributed by atoms with Crippen LogP contribution >= 0.6 is 0 Å². The number of esters is 1. The number of hydrogen-bond acceptors (Lipinski definition) is 6. The van der Waals surface area contributed by atoms with Crippen LogP contribution in [0.4, 0.5) is 10.1 Å². The van der Waals surface area contributed by atoms with Gasteiger partial charge in [0.15, 0.2) is 6.10 Å². The lowest BCUT2D eigenvalue weighted by Crippen LogP contribution is -2.35. The first-order valence-electron chi connectivity index (χ1n) is 8.11. The highest BCUT2D eigenvalue weighted by atomic mass is 32.2. The van der Waals surface area contributed by atoms with Gasteiger partial charge in [0.2, 0.25) is 10.0 Å². The Morgan fingerprint density at radius 2 is 1.86 bits per heavy atom. The smallest absolute Gasteiger partial charge is 0.321 e. The Morgan fingerprint density at radius 1 is 1.14 bits per heavy atom. The van der Waals surface area contributed by atoms with Crippen molar-refractivity contribution in [2.75, 3.05) is 19.0 Å². The van der Waals surface area contributed by atoms with Gasteiger partial charge >= 0.3 is 5.97 Å². The Hall–Kier alpha value is -2.98. The van der Waals surface area contributed by atoms with Crippen molar-refractivity contribution in [3.8, 4) is 5.75 Å². The maximum Gasteiger partial charge on any atom is 0.321 e. The monoisotopic (exact) mass is 410 g/mol. The number of para-hydroxylation sites is 2. The molecule has 0 saturated carbocycles. The molecule has 0 heterocycles. The maximum atomic E-state index is 13.2. The summed E-state index contributed by atoms with van der Waals surface area (Å²) in [5.74, 6) is -1.89. The number of amides is 1. The number of ether oxygens (including phenoxy) is 2. The topological polar surface area (TPSA) is 111 Å². The molecule has 28 heavy (non-hydrogen) atoms. The Morgan fingerprint density at radius 3 is 2.54 bits per heavy atom. The number of benzene rings is 2. The summed E-state index contributed by atoms with van der Waals surface area (Å²) in [4.78, 5) is 23.7. The van der Waals surface area contributed by atoms with Gasteiger partial charge in [-0.05, 0) is 37.3 Å². The van der Waals surface area contributed by atoms with Crippen molar-refractivity contribution in [3.63, 3.8) is 0 Å². The number of carbonyl (C=O) groups excluding carboxylic acids is 2. The molecule has 0 aliphatic carbocycles. The van der Waals surface area contributed by atoms with Crippen LogP contribution < -0.4 is 14.8 Å². The Bertz CT molecular complexity index is 964. The largest absolute Gasteiger partial charge is 0.495 e. The molecule has 0 fully saturated rings. The Kier molecular flexibility index (Phi) is 7.07. The van der Waals surface area contributed by atoms with E-state index in [0.29, 0.717) is 11.4 Å². The van der Waals surface area contributed by atoms with Crippen molar-refractivity contribution in [1.29, 1.82) is 0 Å². The molecule has 0 bridgehead atoms. The molecule has 0 spiro atoms. The van der Waals surface area contributed by atoms with Gasteiger partial charge in [-0.2, -0.15) is 4.72 Å². The molecule has 0 saturated heterocycles. The van der Waals surface area contributed by atoms with E-state index in [-0.39, 0.29) is 4.90 Å². The van der Waals surface area contributed by atoms with E-state index in [0.717, 1.165) is 12.1 Å². The van der Waals surface area contributed by atoms with Crippen LogP contribution in [0.25, 0.3) is 0 Å². The number of hydrogen-bond donors (Lipinski definition) is 2. The normalized spacial score (nSPS) is 12.1. The molecule has 0 aromatic heterocycles. The Labute approximate surface area is 161 Å². The number of sulfonamides is 1. The summed E-state index contributed by atoms with van der Waals surface area (Å²) >= 11 is 0. The van der Waals surface area contributed by atoms with E-state index in [4.69, 9.17) is 9.47 Å². The average Bonchev–Trinajstić information content (AvgIpc) is 2.67. The molecule has 10 heteroatoms. The summed E-state index contributed by atoms with van der Waals surface area (Å²) < 4.78 is 49.3. The van der Waals surface area contributed by atoms with Crippen molar-refractivity contribution < 1.29 is 31.9 Å². The molecule has 2 N–H and O–H groups in total. The van der Waals surface area contributed by atoms with Crippen molar-refractivity contribution in [2.24, 2.45) is 0 Å². The van der Waals surface area contributed by atoms with Gasteiger partial charge in [-0.1, -0.05) is 18.2 Å². The van der Waals surface area contributed by atoms with Crippen LogP contribution in [-0.4, -0.2) is 40.1 Å². The highest BCUT2D eigenvalue weighted by Gasteiger charge is 2.21. The molecule has 1 amide bonds. The fourth-order valence-corrected chi connectivity index (χ4v) is 3.15. The van der Waals surface area contributed by atoms with Gasteiger partial charge in [0.05, 0.1) is 17.7 Å². The third-order valence-corrected chi connectivity index (χ3v) is 4.95. The first kappa shape index (κ1) is 21.3. The van der Waals surface area contributed by atoms with Crippen LogP contribution in [-0.2, 0) is 24.3 Å². The van der Waals surface area contributed by atoms with Gasteiger partial charge in [0, 0.05) is 0 Å². The van der Waals surface area contributed by atoms with E-state index in [1.807, 2.05) is 4.72 Å². The van der Waals surface area contributed by atoms with E-state index in [2.05, 4.69) is 5.32 Å². The van der Waals surface area contributed by atoms with E-state index in [1.54, 1.807) is 24.3 Å². The second-order valence-electron chi connectivity index (χ2n) is 5.60. The van der Waals surface area contributed by atoms with Gasteiger partial charge in [-0.25, -0.2) is 12.8 Å². The van der Waals surface area contributed by atoms with Gasteiger partial charge < -0.3 is 14.8 Å². The lowest BCUT2D eigenvalue weighted by molar-refractivity contribution is -0.151. The van der Waals surface area contributed by atoms with Crippen LogP contribution in [0.1, 0.15) is 6.92 Å². The second-order valence-corrected chi connectivity index (χ2v) is 7.37. The molecule has 2 aromatic carbocycles. The standard InChI is InChI=1S/C18H19FN2O6S/c1-12(18(23)21-15-8-3-4-9-16(15)26-2)27-17(22)11-20-28(24,25)14-7-5-6-13(19)10-14/h3-10,12,20H,11H2,1-2H3,(H,21,23)/t12-/m1/s1. The number of nitrogens with one attached hydrogen (secondary N) is 2. The highest BCUT2D eigenvalue weighted by Crippen LogP contribution is 2.23. The van der Waals surface area contributed by atoms with Gasteiger partial charge in [0.1, 0.15) is 18.1 Å². The van der Waals surface area contributed by atoms with E-state index < -0.39 is 40.4 Å². The molecule has 8 nitrogen and oxygen atoms in total. The minimum Gasteiger partial charge on any atom is -0.495 e. The lowest BCUT2D eigenvalue weighted by Gasteiger charge is -2.15. The van der Waals surface area contributed by atoms with Crippen molar-refractivity contribution in [3.05, 3.63) is 54.3 Å². The molecule has 0 unspecified atom stereocenters. The molecule has 0 aliphatic heterocycles. The summed E-state index contributed by atoms with van der Waals surface area (Å²) in [6.45, 7) is 0.620. The quantitative estimate of drug-likeness (QED) is 0.641. The van der Waals surface area contributed by atoms with E-state index >= 15 is 0 Å². The van der Waals surface area contributed by atoms with E-state index in [9.17, 15) is 22.4 Å². The van der Waals surface area contributed by atoms with Crippen LogP contribution in [0.3, 0.4) is 0 Å². The fourth-order valence-electron chi connectivity index (χ4n) is 2.15. The number of anilines is 1. The maximum absolute atomic E-state index is 13.2. The fraction of sp³-hybridized carbons (Fsp3) is 0.222. The van der Waals surface area contributed by atoms with Crippen LogP contribution in [0.5, 0.6) is 5.75 Å². The zero-order valence-electron chi connectivity index (χ0n) is 15.1. The SMILES string of the molecule is COc1ccccc1NC(=O)[C@@H](C)OC(=O)CNS(=O)(=O)c1cccc(F)c1. The summed E-state index contributed by atoms with van der Waals surface area (Å²) in [6, 6.07) is 11.0. The zero-order valence-corrected chi connectivity index (χ0v) is 16.0. The molecule has 150 valence electrons. The molecular weight excluding hydrogens is 391 g/mol. The molecule has 2 rings (SSSR count).